The third-order valence-electron chi connectivity index (χ3n) is 9.97. The van der Waals surface area contributed by atoms with Crippen LogP contribution in [0.25, 0.3) is 81.6 Å². The van der Waals surface area contributed by atoms with Crippen LogP contribution in [0, 0.1) is 0 Å². The van der Waals surface area contributed by atoms with E-state index in [1.807, 2.05) is 17.4 Å². The highest BCUT2D eigenvalue weighted by Gasteiger charge is 2.41. The molecule has 0 N–H and O–H groups in total. The molecular weight excluding hydrogens is 607 g/mol. The highest BCUT2D eigenvalue weighted by molar-refractivity contribution is 7.25. The van der Waals surface area contributed by atoms with Crippen molar-refractivity contribution in [3.8, 4) is 39.6 Å². The molecular formula is C42H29N3SSi. The minimum atomic E-state index is -2.08. The van der Waals surface area contributed by atoms with Crippen molar-refractivity contribution in [3.05, 3.63) is 140 Å². The number of rotatable bonds is 3. The minimum Gasteiger partial charge on any atom is -0.309 e. The van der Waals surface area contributed by atoms with E-state index in [4.69, 9.17) is 9.97 Å². The molecule has 0 spiro atoms. The molecule has 10 rings (SSSR count). The van der Waals surface area contributed by atoms with E-state index in [1.54, 1.807) is 0 Å². The van der Waals surface area contributed by atoms with E-state index in [-0.39, 0.29) is 0 Å². The van der Waals surface area contributed by atoms with E-state index in [0.717, 1.165) is 34.0 Å². The Kier molecular flexibility index (Phi) is 5.60. The molecule has 222 valence electrons. The Hall–Kier alpha value is -5.36. The highest BCUT2D eigenvalue weighted by Crippen LogP contribution is 2.41. The zero-order chi connectivity index (χ0) is 31.3. The molecule has 0 atom stereocenters. The van der Waals surface area contributed by atoms with E-state index >= 15 is 0 Å². The molecule has 0 saturated carbocycles. The minimum absolute atomic E-state index is 0.773. The Balaban J connectivity index is 1.25. The molecule has 4 heterocycles. The van der Waals surface area contributed by atoms with Crippen molar-refractivity contribution in [2.24, 2.45) is 0 Å². The van der Waals surface area contributed by atoms with Crippen LogP contribution in [0.1, 0.15) is 0 Å². The molecule has 0 bridgehead atoms. The summed E-state index contributed by atoms with van der Waals surface area (Å²) in [7, 11) is -2.08. The largest absolute Gasteiger partial charge is 0.309 e. The molecule has 1 aliphatic heterocycles. The number of para-hydroxylation sites is 1. The van der Waals surface area contributed by atoms with E-state index in [0.29, 0.717) is 0 Å². The third kappa shape index (κ3) is 3.84. The molecule has 0 saturated heterocycles. The van der Waals surface area contributed by atoms with Crippen molar-refractivity contribution in [1.29, 1.82) is 0 Å². The molecule has 3 nitrogen and oxygen atoms in total. The van der Waals surface area contributed by atoms with Gasteiger partial charge in [-0.25, -0.2) is 9.97 Å². The van der Waals surface area contributed by atoms with Crippen molar-refractivity contribution >= 4 is 71.8 Å². The first kappa shape index (κ1) is 26.8. The summed E-state index contributed by atoms with van der Waals surface area (Å²) in [5, 5.41) is 7.93. The molecule has 1 aliphatic rings. The van der Waals surface area contributed by atoms with Crippen LogP contribution in [-0.4, -0.2) is 22.6 Å². The lowest BCUT2D eigenvalue weighted by Crippen LogP contribution is -2.50. The summed E-state index contributed by atoms with van der Waals surface area (Å²) in [5.41, 5.74) is 9.12. The van der Waals surface area contributed by atoms with Crippen LogP contribution in [0.15, 0.2) is 140 Å². The van der Waals surface area contributed by atoms with Gasteiger partial charge in [0.1, 0.15) is 8.07 Å². The first-order chi connectivity index (χ1) is 23.1. The Morgan fingerprint density at radius 2 is 1.26 bits per heavy atom. The fraction of sp³-hybridized carbons (Fsp3) is 0.0476. The summed E-state index contributed by atoms with van der Waals surface area (Å²) in [6, 6.07) is 50.6. The van der Waals surface area contributed by atoms with Gasteiger partial charge in [0.2, 0.25) is 0 Å². The van der Waals surface area contributed by atoms with Crippen LogP contribution >= 0.6 is 11.3 Å². The molecule has 47 heavy (non-hydrogen) atoms. The van der Waals surface area contributed by atoms with Crippen molar-refractivity contribution in [2.75, 3.05) is 0 Å². The van der Waals surface area contributed by atoms with Crippen molar-refractivity contribution in [2.45, 2.75) is 13.1 Å². The van der Waals surface area contributed by atoms with Gasteiger partial charge in [-0.2, -0.15) is 0 Å². The van der Waals surface area contributed by atoms with Crippen molar-refractivity contribution in [3.63, 3.8) is 0 Å². The molecule has 5 heteroatoms. The number of fused-ring (bicyclic) bond motifs is 9. The summed E-state index contributed by atoms with van der Waals surface area (Å²) in [4.78, 5) is 10.7. The Labute approximate surface area is 277 Å². The quantitative estimate of drug-likeness (QED) is 0.181. The van der Waals surface area contributed by atoms with Gasteiger partial charge in [0.15, 0.2) is 5.82 Å². The predicted octanol–water partition coefficient (Wildman–Crippen LogP) is 10.1. The van der Waals surface area contributed by atoms with Gasteiger partial charge in [0, 0.05) is 47.8 Å². The average Bonchev–Trinajstić information content (AvgIpc) is 3.72. The number of aromatic nitrogens is 3. The number of thiophene rings is 1. The van der Waals surface area contributed by atoms with Gasteiger partial charge in [-0.3, -0.25) is 0 Å². The third-order valence-corrected chi connectivity index (χ3v) is 14.6. The summed E-state index contributed by atoms with van der Waals surface area (Å²) in [6.45, 7) is 4.89. The SMILES string of the molecule is C[Si]1(C)c2ccccc2-c2nc(-c3ccccc3)nc(-c3cccc(-n4c5ccccc5c5cc6sc7ccccc7c6cc54)c3)c21. The lowest BCUT2D eigenvalue weighted by atomic mass is 10.1. The van der Waals surface area contributed by atoms with E-state index < -0.39 is 8.07 Å². The van der Waals surface area contributed by atoms with Gasteiger partial charge in [-0.1, -0.05) is 116 Å². The van der Waals surface area contributed by atoms with Crippen LogP contribution in [0.2, 0.25) is 13.1 Å². The highest BCUT2D eigenvalue weighted by atomic mass is 32.1. The summed E-state index contributed by atoms with van der Waals surface area (Å²) in [5.74, 6) is 0.773. The van der Waals surface area contributed by atoms with Crippen molar-refractivity contribution in [1.82, 2.24) is 14.5 Å². The Morgan fingerprint density at radius 3 is 2.15 bits per heavy atom. The average molecular weight is 636 g/mol. The number of nitrogens with zero attached hydrogens (tertiary/aromatic N) is 3. The fourth-order valence-electron chi connectivity index (χ4n) is 7.80. The van der Waals surface area contributed by atoms with Crippen LogP contribution in [0.5, 0.6) is 0 Å². The lowest BCUT2D eigenvalue weighted by Gasteiger charge is -2.22. The van der Waals surface area contributed by atoms with Gasteiger partial charge in [0.25, 0.3) is 0 Å². The normalized spacial score (nSPS) is 13.5. The molecule has 0 aliphatic carbocycles. The first-order valence-corrected chi connectivity index (χ1v) is 19.9. The zero-order valence-electron chi connectivity index (χ0n) is 26.0. The van der Waals surface area contributed by atoms with Gasteiger partial charge in [0.05, 0.1) is 22.4 Å². The van der Waals surface area contributed by atoms with Gasteiger partial charge in [-0.05, 0) is 52.3 Å². The molecule has 0 fully saturated rings. The molecule has 0 unspecified atom stereocenters. The number of benzene rings is 6. The molecule has 6 aromatic carbocycles. The van der Waals surface area contributed by atoms with Gasteiger partial charge >= 0.3 is 0 Å². The predicted molar refractivity (Wildman–Crippen MR) is 202 cm³/mol. The van der Waals surface area contributed by atoms with E-state index in [9.17, 15) is 0 Å². The van der Waals surface area contributed by atoms with Crippen LogP contribution in [0.4, 0.5) is 0 Å². The second-order valence-corrected chi connectivity index (χ2v) is 18.4. The second-order valence-electron chi connectivity index (χ2n) is 13.0. The maximum atomic E-state index is 5.39. The van der Waals surface area contributed by atoms with E-state index in [1.165, 1.54) is 57.9 Å². The standard InChI is InChI=1S/C42H29N3SSi/c1-47(2)38-22-11-8-19-31(38)40-41(47)39(43-42(44-40)26-13-4-3-5-14-26)27-15-12-16-28(23-27)45-34-20-9-6-17-29(34)32-25-37-33(24-35(32)45)30-18-7-10-21-36(30)46-37/h3-25H,1-2H3. The monoisotopic (exact) mass is 635 g/mol. The number of hydrogen-bond donors (Lipinski definition) is 0. The molecule has 0 amide bonds. The maximum absolute atomic E-state index is 5.39. The summed E-state index contributed by atoms with van der Waals surface area (Å²) < 4.78 is 5.09. The summed E-state index contributed by atoms with van der Waals surface area (Å²) >= 11 is 1.88. The van der Waals surface area contributed by atoms with Crippen molar-refractivity contribution < 1.29 is 0 Å². The van der Waals surface area contributed by atoms with Gasteiger partial charge in [-0.15, -0.1) is 11.3 Å². The Morgan fingerprint density at radius 1 is 0.532 bits per heavy atom. The maximum Gasteiger partial charge on any atom is 0.160 e. The Bertz CT molecular complexity index is 2720. The fourth-order valence-corrected chi connectivity index (χ4v) is 12.2. The van der Waals surface area contributed by atoms with Crippen LogP contribution in [0.3, 0.4) is 0 Å². The summed E-state index contributed by atoms with van der Waals surface area (Å²) in [6.07, 6.45) is 0. The zero-order valence-corrected chi connectivity index (χ0v) is 27.8. The molecule has 3 aromatic heterocycles. The molecule has 9 aromatic rings. The first-order valence-electron chi connectivity index (χ1n) is 16.1. The lowest BCUT2D eigenvalue weighted by molar-refractivity contribution is 1.17. The van der Waals surface area contributed by atoms with E-state index in [2.05, 4.69) is 151 Å². The number of hydrogen-bond acceptors (Lipinski definition) is 3. The second kappa shape index (κ2) is 9.82. The van der Waals surface area contributed by atoms with Crippen LogP contribution in [-0.2, 0) is 0 Å². The topological polar surface area (TPSA) is 30.7 Å². The smallest absolute Gasteiger partial charge is 0.160 e. The van der Waals surface area contributed by atoms with Gasteiger partial charge < -0.3 is 4.57 Å². The van der Waals surface area contributed by atoms with Crippen LogP contribution < -0.4 is 10.4 Å². The molecule has 0 radical (unpaired) electrons.